The second-order valence-corrected chi connectivity index (χ2v) is 4.21. The van der Waals surface area contributed by atoms with Crippen LogP contribution in [-0.2, 0) is 0 Å². The van der Waals surface area contributed by atoms with E-state index in [1.807, 2.05) is 0 Å². The summed E-state index contributed by atoms with van der Waals surface area (Å²) in [7, 11) is 9.81. The topological polar surface area (TPSA) is 0 Å². The third-order valence-corrected chi connectivity index (χ3v) is 0.781. The van der Waals surface area contributed by atoms with Gasteiger partial charge in [0.25, 0.3) is 0 Å². The fourth-order valence-electron chi connectivity index (χ4n) is 0.408. The zero-order valence-corrected chi connectivity index (χ0v) is 9.09. The first-order chi connectivity index (χ1) is 4.33. The van der Waals surface area contributed by atoms with Gasteiger partial charge in [0, 0.05) is 0 Å². The van der Waals surface area contributed by atoms with Crippen molar-refractivity contribution in [3.8, 4) is 0 Å². The molecule has 3 heteroatoms. The summed E-state index contributed by atoms with van der Waals surface area (Å²) in [6.45, 7) is 4.38. The van der Waals surface area contributed by atoms with Crippen LogP contribution < -0.4 is 0 Å². The third-order valence-electron chi connectivity index (χ3n) is 0.781. The molecule has 0 atom stereocenters. The van der Waals surface area contributed by atoms with Gasteiger partial charge >= 0.3 is 18.2 Å². The molecule has 9 heavy (non-hydrogen) atoms. The molecule has 0 aromatic carbocycles. The van der Waals surface area contributed by atoms with Crippen molar-refractivity contribution in [3.63, 3.8) is 0 Å². The van der Waals surface area contributed by atoms with Gasteiger partial charge in [0.15, 0.2) is 0 Å². The lowest BCUT2D eigenvalue weighted by molar-refractivity contribution is 0.852. The van der Waals surface area contributed by atoms with E-state index in [0.29, 0.717) is 0 Å². The monoisotopic (exact) mass is 179 g/mol. The molecular weight excluding hydrogens is 167 g/mol. The minimum Gasteiger partial charge on any atom is -0.309 e. The number of unbranched alkanes of at least 4 members (excludes halogenated alkanes) is 3. The summed E-state index contributed by atoms with van der Waals surface area (Å²) in [6, 6.07) is 0. The molecule has 0 rings (SSSR count). The highest BCUT2D eigenvalue weighted by Gasteiger charge is 1.75. The van der Waals surface area contributed by atoms with Crippen LogP contribution >= 0.6 is 18.1 Å². The van der Waals surface area contributed by atoms with E-state index in [9.17, 15) is 0 Å². The second-order valence-electron chi connectivity index (χ2n) is 1.59. The summed E-state index contributed by atoms with van der Waals surface area (Å²) in [5.41, 5.74) is 0. The molecular formula is C6H13Cl2Mg. The molecule has 53 valence electrons. The maximum Gasteiger partial charge on any atom is 0.618 e. The van der Waals surface area contributed by atoms with E-state index in [1.54, 1.807) is 0 Å². The molecule has 0 saturated heterocycles. The van der Waals surface area contributed by atoms with Crippen molar-refractivity contribution in [3.05, 3.63) is 6.42 Å². The lowest BCUT2D eigenvalue weighted by Crippen LogP contribution is -1.67. The van der Waals surface area contributed by atoms with E-state index in [1.165, 1.54) is 19.3 Å². The van der Waals surface area contributed by atoms with Gasteiger partial charge in [0.1, 0.15) is 0 Å². The SMILES string of the molecule is CC[CH]CCC.[Cl][Mg][Cl]. The number of halogens is 2. The molecule has 0 saturated carbocycles. The minimum absolute atomic E-state index is 0.639. The summed E-state index contributed by atoms with van der Waals surface area (Å²) in [5.74, 6) is 0. The quantitative estimate of drug-likeness (QED) is 0.461. The van der Waals surface area contributed by atoms with Crippen LogP contribution in [0.15, 0.2) is 0 Å². The first-order valence-electron chi connectivity index (χ1n) is 3.27. The third kappa shape index (κ3) is 26.7. The van der Waals surface area contributed by atoms with Crippen molar-refractivity contribution >= 4 is 36.3 Å². The van der Waals surface area contributed by atoms with E-state index >= 15 is 0 Å². The molecule has 0 spiro atoms. The van der Waals surface area contributed by atoms with Crippen molar-refractivity contribution in [1.82, 2.24) is 0 Å². The Morgan fingerprint density at radius 1 is 1.33 bits per heavy atom. The molecule has 0 nitrogen and oxygen atoms in total. The van der Waals surface area contributed by atoms with Gasteiger partial charge < -0.3 is 18.1 Å². The lowest BCUT2D eigenvalue weighted by atomic mass is 10.2. The molecule has 0 bridgehead atoms. The van der Waals surface area contributed by atoms with Crippen LogP contribution in [0, 0.1) is 6.42 Å². The molecule has 0 heterocycles. The molecule has 1 radical (unpaired) electrons. The molecule has 0 N–H and O–H groups in total. The van der Waals surface area contributed by atoms with E-state index in [0.717, 1.165) is 0 Å². The molecule has 0 fully saturated rings. The number of hydrogen-bond donors (Lipinski definition) is 0. The first kappa shape index (κ1) is 13.0. The van der Waals surface area contributed by atoms with Crippen molar-refractivity contribution in [1.29, 1.82) is 0 Å². The van der Waals surface area contributed by atoms with Crippen LogP contribution in [0.2, 0.25) is 0 Å². The average Bonchev–Trinajstić information content (AvgIpc) is 1.86. The average molecular weight is 180 g/mol. The first-order valence-corrected chi connectivity index (χ1v) is 7.54. The van der Waals surface area contributed by atoms with E-state index in [4.69, 9.17) is 18.1 Å². The summed E-state index contributed by atoms with van der Waals surface area (Å²) < 4.78 is 0. The highest BCUT2D eigenvalue weighted by atomic mass is 35.6. The molecule has 0 aromatic heterocycles. The Hall–Kier alpha value is 1.35. The maximum atomic E-state index is 4.90. The Kier molecular flexibility index (Phi) is 23.3. The van der Waals surface area contributed by atoms with E-state index in [-0.39, 0.29) is 0 Å². The zero-order chi connectivity index (χ0) is 7.54. The number of rotatable bonds is 3. The summed E-state index contributed by atoms with van der Waals surface area (Å²) in [4.78, 5) is 0. The predicted molar refractivity (Wildman–Crippen MR) is 47.0 cm³/mol. The van der Waals surface area contributed by atoms with Gasteiger partial charge in [-0.2, -0.15) is 0 Å². The Morgan fingerprint density at radius 2 is 1.78 bits per heavy atom. The Bertz CT molecular complexity index is 30.2. The smallest absolute Gasteiger partial charge is 0.309 e. The van der Waals surface area contributed by atoms with Gasteiger partial charge in [-0.1, -0.05) is 33.1 Å². The highest BCUT2D eigenvalue weighted by molar-refractivity contribution is 7.22. The van der Waals surface area contributed by atoms with E-state index in [2.05, 4.69) is 20.3 Å². The zero-order valence-electron chi connectivity index (χ0n) is 6.16. The van der Waals surface area contributed by atoms with Crippen LogP contribution in [0.3, 0.4) is 0 Å². The van der Waals surface area contributed by atoms with Crippen molar-refractivity contribution in [2.45, 2.75) is 33.1 Å². The van der Waals surface area contributed by atoms with Gasteiger partial charge in [-0.15, -0.1) is 0 Å². The van der Waals surface area contributed by atoms with Crippen LogP contribution in [0.1, 0.15) is 33.1 Å². The van der Waals surface area contributed by atoms with Gasteiger partial charge in [0.05, 0.1) is 0 Å². The van der Waals surface area contributed by atoms with Gasteiger partial charge in [-0.25, -0.2) is 0 Å². The molecule has 0 aliphatic heterocycles. The molecule has 0 aliphatic rings. The fraction of sp³-hybridized carbons (Fsp3) is 0.833. The maximum absolute atomic E-state index is 4.90. The van der Waals surface area contributed by atoms with Gasteiger partial charge in [-0.3, -0.25) is 0 Å². The van der Waals surface area contributed by atoms with Gasteiger partial charge in [-0.05, 0) is 6.42 Å². The summed E-state index contributed by atoms with van der Waals surface area (Å²) >= 11 is -0.639. The van der Waals surface area contributed by atoms with E-state index < -0.39 is 18.2 Å². The highest BCUT2D eigenvalue weighted by Crippen LogP contribution is 1.93. The minimum atomic E-state index is -0.639. The van der Waals surface area contributed by atoms with Crippen LogP contribution in [-0.4, -0.2) is 18.2 Å². The Morgan fingerprint density at radius 3 is 1.89 bits per heavy atom. The van der Waals surface area contributed by atoms with Crippen molar-refractivity contribution in [2.75, 3.05) is 0 Å². The number of hydrogen-bond acceptors (Lipinski definition) is 0. The van der Waals surface area contributed by atoms with Crippen LogP contribution in [0.4, 0.5) is 0 Å². The van der Waals surface area contributed by atoms with Gasteiger partial charge in [0.2, 0.25) is 0 Å². The molecule has 0 aliphatic carbocycles. The standard InChI is InChI=1S/C6H13.2ClH.Mg/c1-3-5-6-4-2;;;/h5H,3-4,6H2,1-2H3;2*1H;/q;;;+2/p-2. The Labute approximate surface area is 75.6 Å². The summed E-state index contributed by atoms with van der Waals surface area (Å²) in [6.07, 6.45) is 6.12. The normalized spacial score (nSPS) is 7.11. The Balaban J connectivity index is 0. The van der Waals surface area contributed by atoms with Crippen LogP contribution in [0.5, 0.6) is 0 Å². The van der Waals surface area contributed by atoms with Crippen molar-refractivity contribution in [2.24, 2.45) is 0 Å². The lowest BCUT2D eigenvalue weighted by Gasteiger charge is -1.85. The predicted octanol–water partition coefficient (Wildman–Crippen LogP) is 3.40. The van der Waals surface area contributed by atoms with Crippen LogP contribution in [0.25, 0.3) is 0 Å². The molecule has 0 amide bonds. The second kappa shape index (κ2) is 16.2. The molecule has 0 aromatic rings. The fourth-order valence-corrected chi connectivity index (χ4v) is 0.408. The largest absolute Gasteiger partial charge is 0.618 e. The van der Waals surface area contributed by atoms with Crippen molar-refractivity contribution < 1.29 is 0 Å². The summed E-state index contributed by atoms with van der Waals surface area (Å²) in [5, 5.41) is 0. The molecule has 0 unspecified atom stereocenters.